The first-order valence-corrected chi connectivity index (χ1v) is 10.2. The summed E-state index contributed by atoms with van der Waals surface area (Å²) in [5, 5.41) is 28.0. The zero-order valence-electron chi connectivity index (χ0n) is 16.3. The maximum absolute atomic E-state index is 12.2. The first-order valence-electron chi connectivity index (χ1n) is 10.2. The Labute approximate surface area is 166 Å². The number of aliphatic hydroxyl groups is 1. The van der Waals surface area contributed by atoms with Crippen molar-refractivity contribution in [3.8, 4) is 6.07 Å². The van der Waals surface area contributed by atoms with Crippen molar-refractivity contribution in [1.82, 2.24) is 4.90 Å². The number of carbonyl (C=O) groups is 2. The molecule has 0 aromatic heterocycles. The fourth-order valence-electron chi connectivity index (χ4n) is 3.84. The summed E-state index contributed by atoms with van der Waals surface area (Å²) in [5.74, 6) is -0.570. The van der Waals surface area contributed by atoms with E-state index in [1.54, 1.807) is 12.1 Å². The van der Waals surface area contributed by atoms with Crippen molar-refractivity contribution in [3.05, 3.63) is 35.4 Å². The molecule has 0 spiro atoms. The molecule has 0 saturated carbocycles. The number of carboxylic acids is 1. The fourth-order valence-corrected chi connectivity index (χ4v) is 3.84. The summed E-state index contributed by atoms with van der Waals surface area (Å²) in [5.41, 5.74) is 1.55. The van der Waals surface area contributed by atoms with E-state index >= 15 is 0 Å². The van der Waals surface area contributed by atoms with E-state index in [2.05, 4.69) is 6.07 Å². The number of nitrogens with zero attached hydrogens (tertiary/aromatic N) is 2. The van der Waals surface area contributed by atoms with Crippen LogP contribution in [-0.2, 0) is 16.0 Å². The Hall–Kier alpha value is -2.39. The Morgan fingerprint density at radius 3 is 2.82 bits per heavy atom. The van der Waals surface area contributed by atoms with Crippen LogP contribution in [0.2, 0.25) is 0 Å². The second kappa shape index (κ2) is 11.5. The minimum Gasteiger partial charge on any atom is -0.481 e. The van der Waals surface area contributed by atoms with Gasteiger partial charge in [-0.3, -0.25) is 9.59 Å². The quantitative estimate of drug-likeness (QED) is 0.537. The molecule has 1 heterocycles. The zero-order valence-corrected chi connectivity index (χ0v) is 16.3. The highest BCUT2D eigenvalue weighted by Gasteiger charge is 2.30. The van der Waals surface area contributed by atoms with Gasteiger partial charge >= 0.3 is 5.97 Å². The number of amides is 1. The van der Waals surface area contributed by atoms with Crippen LogP contribution in [0.15, 0.2) is 24.3 Å². The van der Waals surface area contributed by atoms with Crippen LogP contribution in [0.5, 0.6) is 0 Å². The van der Waals surface area contributed by atoms with Crippen molar-refractivity contribution in [3.63, 3.8) is 0 Å². The van der Waals surface area contributed by atoms with Gasteiger partial charge in [-0.05, 0) is 56.2 Å². The minimum absolute atomic E-state index is 0.187. The first-order chi connectivity index (χ1) is 13.5. The van der Waals surface area contributed by atoms with Crippen LogP contribution in [-0.4, -0.2) is 45.7 Å². The summed E-state index contributed by atoms with van der Waals surface area (Å²) in [6.45, 7) is 0.719. The van der Waals surface area contributed by atoms with Gasteiger partial charge in [0.25, 0.3) is 0 Å². The molecule has 152 valence electrons. The van der Waals surface area contributed by atoms with Crippen LogP contribution >= 0.6 is 0 Å². The molecule has 1 saturated heterocycles. The summed E-state index contributed by atoms with van der Waals surface area (Å²) >= 11 is 0. The summed E-state index contributed by atoms with van der Waals surface area (Å²) in [6.07, 6.45) is 6.45. The van der Waals surface area contributed by atoms with Gasteiger partial charge in [0, 0.05) is 25.4 Å². The first kappa shape index (κ1) is 21.9. The zero-order chi connectivity index (χ0) is 20.4. The second-order valence-electron chi connectivity index (χ2n) is 7.59. The number of nitriles is 1. The van der Waals surface area contributed by atoms with Gasteiger partial charge in [0.05, 0.1) is 17.7 Å². The molecule has 2 N–H and O–H groups in total. The van der Waals surface area contributed by atoms with E-state index in [1.165, 1.54) is 0 Å². The lowest BCUT2D eigenvalue weighted by atomic mass is 9.99. The highest BCUT2D eigenvalue weighted by atomic mass is 16.4. The van der Waals surface area contributed by atoms with Crippen molar-refractivity contribution in [2.45, 2.75) is 76.4 Å². The van der Waals surface area contributed by atoms with Crippen molar-refractivity contribution >= 4 is 11.9 Å². The van der Waals surface area contributed by atoms with Crippen LogP contribution in [0.3, 0.4) is 0 Å². The van der Waals surface area contributed by atoms with E-state index in [4.69, 9.17) is 10.4 Å². The number of likely N-dealkylation sites (tertiary alicyclic amines) is 1. The van der Waals surface area contributed by atoms with E-state index < -0.39 is 12.1 Å². The van der Waals surface area contributed by atoms with Gasteiger partial charge in [-0.1, -0.05) is 25.0 Å². The molecular weight excluding hydrogens is 356 g/mol. The number of unbranched alkanes of at least 4 members (excludes halogenated alkanes) is 3. The van der Waals surface area contributed by atoms with E-state index in [0.717, 1.165) is 44.2 Å². The molecule has 0 aliphatic carbocycles. The highest BCUT2D eigenvalue weighted by molar-refractivity contribution is 5.78. The lowest BCUT2D eigenvalue weighted by Crippen LogP contribution is -2.34. The molecule has 2 rings (SSSR count). The molecule has 1 fully saturated rings. The number of benzene rings is 1. The minimum atomic E-state index is -0.757. The molecule has 6 nitrogen and oxygen atoms in total. The molecule has 1 aromatic carbocycles. The Bertz CT molecular complexity index is 698. The largest absolute Gasteiger partial charge is 0.481 e. The molecule has 1 aliphatic heterocycles. The van der Waals surface area contributed by atoms with E-state index in [9.17, 15) is 14.7 Å². The van der Waals surface area contributed by atoms with E-state index in [1.807, 2.05) is 17.0 Å². The van der Waals surface area contributed by atoms with Gasteiger partial charge < -0.3 is 15.1 Å². The number of carbonyl (C=O) groups excluding carboxylic acids is 1. The monoisotopic (exact) mass is 386 g/mol. The second-order valence-corrected chi connectivity index (χ2v) is 7.59. The predicted molar refractivity (Wildman–Crippen MR) is 106 cm³/mol. The third-order valence-corrected chi connectivity index (χ3v) is 5.35. The maximum Gasteiger partial charge on any atom is 0.303 e. The van der Waals surface area contributed by atoms with Crippen LogP contribution in [0.25, 0.3) is 0 Å². The van der Waals surface area contributed by atoms with Gasteiger partial charge in [0.2, 0.25) is 5.91 Å². The number of hydrogen-bond acceptors (Lipinski definition) is 4. The molecular formula is C22H30N2O4. The van der Waals surface area contributed by atoms with E-state index in [-0.39, 0.29) is 18.4 Å². The topological polar surface area (TPSA) is 102 Å². The van der Waals surface area contributed by atoms with Crippen molar-refractivity contribution in [2.75, 3.05) is 6.54 Å². The van der Waals surface area contributed by atoms with Gasteiger partial charge in [0.1, 0.15) is 0 Å². The molecule has 1 amide bonds. The Morgan fingerprint density at radius 1 is 1.29 bits per heavy atom. The third-order valence-electron chi connectivity index (χ3n) is 5.35. The van der Waals surface area contributed by atoms with Gasteiger partial charge in [-0.2, -0.15) is 5.26 Å². The third kappa shape index (κ3) is 7.32. The molecule has 0 radical (unpaired) electrons. The number of aliphatic hydroxyl groups excluding tert-OH is 1. The molecule has 0 bridgehead atoms. The molecule has 0 unspecified atom stereocenters. The van der Waals surface area contributed by atoms with Crippen molar-refractivity contribution < 1.29 is 19.8 Å². The fraction of sp³-hybridized carbons (Fsp3) is 0.591. The standard InChI is InChI=1S/C22H30N2O4/c23-16-18-7-5-6-17(14-18)15-20(25)11-9-19-10-12-21(26)24(19)13-4-2-1-3-8-22(27)28/h5-7,14,19-20,25H,1-4,8-13,15H2,(H,27,28)/t19-,20+/m0/s1. The SMILES string of the molecule is N#Cc1cccc(C[C@H](O)CC[C@H]2CCC(=O)N2CCCCCCC(=O)O)c1. The Morgan fingerprint density at radius 2 is 2.07 bits per heavy atom. The number of carboxylic acid groups (broad SMARTS) is 1. The van der Waals surface area contributed by atoms with Crippen LogP contribution < -0.4 is 0 Å². The van der Waals surface area contributed by atoms with Gasteiger partial charge in [0.15, 0.2) is 0 Å². The molecule has 6 heteroatoms. The smallest absolute Gasteiger partial charge is 0.303 e. The molecule has 28 heavy (non-hydrogen) atoms. The maximum atomic E-state index is 12.2. The predicted octanol–water partition coefficient (Wildman–Crippen LogP) is 3.27. The van der Waals surface area contributed by atoms with Crippen molar-refractivity contribution in [1.29, 1.82) is 5.26 Å². The lowest BCUT2D eigenvalue weighted by molar-refractivity contribution is -0.137. The number of rotatable bonds is 12. The van der Waals surface area contributed by atoms with Crippen molar-refractivity contribution in [2.24, 2.45) is 0 Å². The molecule has 2 atom stereocenters. The summed E-state index contributed by atoms with van der Waals surface area (Å²) in [6, 6.07) is 9.60. The molecule has 1 aromatic rings. The molecule has 1 aliphatic rings. The van der Waals surface area contributed by atoms with Gasteiger partial charge in [-0.25, -0.2) is 0 Å². The number of hydrogen-bond donors (Lipinski definition) is 2. The highest BCUT2D eigenvalue weighted by Crippen LogP contribution is 2.24. The van der Waals surface area contributed by atoms with Crippen LogP contribution in [0.4, 0.5) is 0 Å². The summed E-state index contributed by atoms with van der Waals surface area (Å²) < 4.78 is 0. The Balaban J connectivity index is 1.71. The number of aliphatic carboxylic acids is 1. The van der Waals surface area contributed by atoms with Crippen LogP contribution in [0, 0.1) is 11.3 Å². The normalized spacial score (nSPS) is 17.5. The van der Waals surface area contributed by atoms with E-state index in [0.29, 0.717) is 31.2 Å². The Kier molecular flexibility index (Phi) is 8.96. The average Bonchev–Trinajstić information content (AvgIpc) is 3.02. The summed E-state index contributed by atoms with van der Waals surface area (Å²) in [7, 11) is 0. The van der Waals surface area contributed by atoms with Crippen LogP contribution in [0.1, 0.15) is 68.9 Å². The lowest BCUT2D eigenvalue weighted by Gasteiger charge is -2.25. The average molecular weight is 386 g/mol. The summed E-state index contributed by atoms with van der Waals surface area (Å²) in [4.78, 5) is 24.6. The van der Waals surface area contributed by atoms with Gasteiger partial charge in [-0.15, -0.1) is 0 Å².